The number of hydrogen-bond donors (Lipinski definition) is 1. The van der Waals surface area contributed by atoms with Gasteiger partial charge in [0.1, 0.15) is 5.82 Å². The van der Waals surface area contributed by atoms with E-state index in [2.05, 4.69) is 58.2 Å². The number of aryl methyl sites for hydroxylation is 1. The summed E-state index contributed by atoms with van der Waals surface area (Å²) >= 11 is 0. The van der Waals surface area contributed by atoms with Gasteiger partial charge in [-0.15, -0.1) is 0 Å². The highest BCUT2D eigenvalue weighted by atomic mass is 19.4. The molecule has 0 bridgehead atoms. The second kappa shape index (κ2) is 8.11. The topological polar surface area (TPSA) is 42.2 Å². The van der Waals surface area contributed by atoms with Gasteiger partial charge >= 0.3 is 6.18 Å². The maximum absolute atomic E-state index is 12.6. The van der Waals surface area contributed by atoms with Crippen molar-refractivity contribution in [3.05, 3.63) is 76.7 Å². The first-order valence-corrected chi connectivity index (χ1v) is 9.28. The summed E-state index contributed by atoms with van der Waals surface area (Å²) < 4.78 is 39.9. The molecule has 29 heavy (non-hydrogen) atoms. The van der Waals surface area contributed by atoms with Gasteiger partial charge in [-0.3, -0.25) is 5.43 Å². The summed E-state index contributed by atoms with van der Waals surface area (Å²) in [4.78, 5) is 3.74. The minimum atomic E-state index is -4.40. The molecule has 0 aliphatic carbocycles. The van der Waals surface area contributed by atoms with Crippen LogP contribution in [-0.4, -0.2) is 15.8 Å². The highest BCUT2D eigenvalue weighted by Gasteiger charge is 2.30. The van der Waals surface area contributed by atoms with Gasteiger partial charge in [0.2, 0.25) is 0 Å². The van der Waals surface area contributed by atoms with Gasteiger partial charge in [0.05, 0.1) is 11.8 Å². The van der Waals surface area contributed by atoms with Crippen LogP contribution >= 0.6 is 0 Å². The first kappa shape index (κ1) is 20.6. The number of hydrogen-bond acceptors (Lipinski definition) is 3. The quantitative estimate of drug-likeness (QED) is 0.417. The molecule has 0 radical (unpaired) electrons. The van der Waals surface area contributed by atoms with E-state index in [4.69, 9.17) is 0 Å². The average Bonchev–Trinajstić information content (AvgIpc) is 2.95. The Morgan fingerprint density at radius 1 is 1.07 bits per heavy atom. The van der Waals surface area contributed by atoms with Crippen LogP contribution in [0, 0.1) is 13.8 Å². The molecule has 0 atom stereocenters. The summed E-state index contributed by atoms with van der Waals surface area (Å²) in [6.07, 6.45) is -1.98. The molecule has 7 heteroatoms. The van der Waals surface area contributed by atoms with Crippen LogP contribution < -0.4 is 5.43 Å². The van der Waals surface area contributed by atoms with E-state index in [1.807, 2.05) is 19.9 Å². The molecule has 1 aromatic carbocycles. The molecule has 0 saturated carbocycles. The predicted molar refractivity (Wildman–Crippen MR) is 110 cm³/mol. The van der Waals surface area contributed by atoms with Crippen molar-refractivity contribution in [1.29, 1.82) is 0 Å². The standard InChI is InChI=1S/C22H23F3N4/c1-14(2)17-5-8-20(9-6-17)29-15(3)11-18(16(29)4)12-27-28-21-10-7-19(13-26-21)22(23,24)25/h5-14H,1-4H3,(H,26,28)/b27-12-. The summed E-state index contributed by atoms with van der Waals surface area (Å²) in [6, 6.07) is 12.7. The van der Waals surface area contributed by atoms with Crippen LogP contribution in [0.4, 0.5) is 19.0 Å². The van der Waals surface area contributed by atoms with Crippen LogP contribution in [0.1, 0.15) is 47.8 Å². The van der Waals surface area contributed by atoms with Crippen molar-refractivity contribution in [3.8, 4) is 5.69 Å². The molecule has 0 unspecified atom stereocenters. The van der Waals surface area contributed by atoms with Crippen molar-refractivity contribution in [2.45, 2.75) is 39.8 Å². The molecule has 3 aromatic rings. The van der Waals surface area contributed by atoms with E-state index >= 15 is 0 Å². The first-order chi connectivity index (χ1) is 13.7. The molecular formula is C22H23F3N4. The lowest BCUT2D eigenvalue weighted by molar-refractivity contribution is -0.137. The molecule has 0 saturated heterocycles. The van der Waals surface area contributed by atoms with Gasteiger partial charge in [0.15, 0.2) is 0 Å². The summed E-state index contributed by atoms with van der Waals surface area (Å²) in [5, 5.41) is 4.12. The lowest BCUT2D eigenvalue weighted by atomic mass is 10.0. The van der Waals surface area contributed by atoms with E-state index in [1.54, 1.807) is 6.21 Å². The van der Waals surface area contributed by atoms with Crippen LogP contribution in [-0.2, 0) is 6.18 Å². The highest BCUT2D eigenvalue weighted by molar-refractivity contribution is 5.82. The van der Waals surface area contributed by atoms with Gasteiger partial charge in [-0.1, -0.05) is 26.0 Å². The van der Waals surface area contributed by atoms with Gasteiger partial charge in [-0.25, -0.2) is 4.98 Å². The van der Waals surface area contributed by atoms with E-state index in [9.17, 15) is 13.2 Å². The molecule has 0 amide bonds. The third-order valence-electron chi connectivity index (χ3n) is 4.76. The summed E-state index contributed by atoms with van der Waals surface area (Å²) in [5.74, 6) is 0.718. The maximum atomic E-state index is 12.6. The zero-order valence-electron chi connectivity index (χ0n) is 16.7. The Labute approximate surface area is 168 Å². The fourth-order valence-corrected chi connectivity index (χ4v) is 3.12. The lowest BCUT2D eigenvalue weighted by Crippen LogP contribution is -2.05. The number of rotatable bonds is 5. The predicted octanol–water partition coefficient (Wildman–Crippen LogP) is 6.08. The molecular weight excluding hydrogens is 377 g/mol. The highest BCUT2D eigenvalue weighted by Crippen LogP contribution is 2.29. The van der Waals surface area contributed by atoms with Crippen LogP contribution in [0.15, 0.2) is 53.8 Å². The van der Waals surface area contributed by atoms with Crippen LogP contribution in [0.3, 0.4) is 0 Å². The fourth-order valence-electron chi connectivity index (χ4n) is 3.12. The van der Waals surface area contributed by atoms with Crippen molar-refractivity contribution < 1.29 is 13.2 Å². The molecule has 1 N–H and O–H groups in total. The number of alkyl halides is 3. The molecule has 0 spiro atoms. The van der Waals surface area contributed by atoms with Gasteiger partial charge in [0, 0.05) is 28.8 Å². The molecule has 4 nitrogen and oxygen atoms in total. The number of pyridine rings is 1. The van der Waals surface area contributed by atoms with Crippen LogP contribution in [0.25, 0.3) is 5.69 Å². The molecule has 0 aliphatic heterocycles. The Bertz CT molecular complexity index is 998. The van der Waals surface area contributed by atoms with Gasteiger partial charge in [-0.05, 0) is 55.7 Å². The fraction of sp³-hybridized carbons (Fsp3) is 0.273. The number of aromatic nitrogens is 2. The largest absolute Gasteiger partial charge is 0.417 e. The number of hydrazone groups is 1. The monoisotopic (exact) mass is 400 g/mol. The molecule has 3 rings (SSSR count). The van der Waals surface area contributed by atoms with Gasteiger partial charge in [0.25, 0.3) is 0 Å². The summed E-state index contributed by atoms with van der Waals surface area (Å²) in [7, 11) is 0. The van der Waals surface area contributed by atoms with Crippen molar-refractivity contribution in [2.24, 2.45) is 5.10 Å². The van der Waals surface area contributed by atoms with E-state index < -0.39 is 11.7 Å². The number of nitrogens with one attached hydrogen (secondary N) is 1. The molecule has 2 heterocycles. The summed E-state index contributed by atoms with van der Waals surface area (Å²) in [5.41, 5.74) is 7.23. The van der Waals surface area contributed by atoms with Crippen molar-refractivity contribution in [3.63, 3.8) is 0 Å². The van der Waals surface area contributed by atoms with Crippen LogP contribution in [0.5, 0.6) is 0 Å². The van der Waals surface area contributed by atoms with Crippen molar-refractivity contribution in [2.75, 3.05) is 5.43 Å². The maximum Gasteiger partial charge on any atom is 0.417 e. The minimum Gasteiger partial charge on any atom is -0.318 e. The SMILES string of the molecule is Cc1cc(/C=N\Nc2ccc(C(F)(F)F)cn2)c(C)n1-c1ccc(C(C)C)cc1. The smallest absolute Gasteiger partial charge is 0.318 e. The molecule has 0 fully saturated rings. The van der Waals surface area contributed by atoms with Crippen molar-refractivity contribution in [1.82, 2.24) is 9.55 Å². The van der Waals surface area contributed by atoms with Gasteiger partial charge < -0.3 is 4.57 Å². The Balaban J connectivity index is 1.76. The number of anilines is 1. The zero-order valence-corrected chi connectivity index (χ0v) is 16.7. The molecule has 0 aliphatic rings. The normalized spacial score (nSPS) is 12.1. The third-order valence-corrected chi connectivity index (χ3v) is 4.76. The third kappa shape index (κ3) is 4.67. The Hall–Kier alpha value is -3.09. The summed E-state index contributed by atoms with van der Waals surface area (Å²) in [6.45, 7) is 8.34. The van der Waals surface area contributed by atoms with E-state index in [0.29, 0.717) is 5.92 Å². The number of nitrogens with zero attached hydrogens (tertiary/aromatic N) is 3. The number of halogens is 3. The number of benzene rings is 1. The lowest BCUT2D eigenvalue weighted by Gasteiger charge is -2.12. The minimum absolute atomic E-state index is 0.243. The first-order valence-electron chi connectivity index (χ1n) is 9.28. The Morgan fingerprint density at radius 2 is 1.76 bits per heavy atom. The van der Waals surface area contributed by atoms with E-state index in [-0.39, 0.29) is 5.82 Å². The Morgan fingerprint density at radius 3 is 2.31 bits per heavy atom. The van der Waals surface area contributed by atoms with E-state index in [0.717, 1.165) is 34.9 Å². The second-order valence-corrected chi connectivity index (χ2v) is 7.21. The Kier molecular flexibility index (Phi) is 5.77. The van der Waals surface area contributed by atoms with Crippen LogP contribution in [0.2, 0.25) is 0 Å². The second-order valence-electron chi connectivity index (χ2n) is 7.21. The molecule has 152 valence electrons. The zero-order chi connectivity index (χ0) is 21.2. The average molecular weight is 400 g/mol. The van der Waals surface area contributed by atoms with Crippen molar-refractivity contribution >= 4 is 12.0 Å². The van der Waals surface area contributed by atoms with E-state index in [1.165, 1.54) is 11.6 Å². The molecule has 2 aromatic heterocycles. The van der Waals surface area contributed by atoms with Gasteiger partial charge in [-0.2, -0.15) is 18.3 Å².